The summed E-state index contributed by atoms with van der Waals surface area (Å²) in [5.74, 6) is 0.164. The molecule has 4 rings (SSSR count). The van der Waals surface area contributed by atoms with Crippen molar-refractivity contribution in [1.29, 1.82) is 0 Å². The van der Waals surface area contributed by atoms with Gasteiger partial charge in [0.15, 0.2) is 5.60 Å². The molecule has 1 fully saturated rings. The van der Waals surface area contributed by atoms with Gasteiger partial charge in [-0.05, 0) is 44.0 Å². The van der Waals surface area contributed by atoms with E-state index in [1.54, 1.807) is 6.92 Å². The van der Waals surface area contributed by atoms with Gasteiger partial charge in [-0.1, -0.05) is 36.9 Å². The number of rotatable bonds is 4. The number of esters is 1. The third-order valence-electron chi connectivity index (χ3n) is 5.66. The molecule has 0 spiro atoms. The summed E-state index contributed by atoms with van der Waals surface area (Å²) in [6.07, 6.45) is 0.357. The third-order valence-corrected chi connectivity index (χ3v) is 5.66. The monoisotopic (exact) mass is 390 g/mol. The van der Waals surface area contributed by atoms with Crippen molar-refractivity contribution in [2.45, 2.75) is 32.8 Å². The number of hydrogen-bond donors (Lipinski definition) is 0. The summed E-state index contributed by atoms with van der Waals surface area (Å²) in [4.78, 5) is 24.2. The van der Waals surface area contributed by atoms with Crippen LogP contribution in [0.15, 0.2) is 63.8 Å². The Morgan fingerprint density at radius 1 is 1.00 bits per heavy atom. The third kappa shape index (κ3) is 3.12. The standard InChI is InChI=1S/C24H22O5/c1-14-12-24(29-22(14)25,18-8-6-5-7-9-18)13-27-20-11-10-19-15(2)16(3)23(26)28-21(19)17(20)4/h5-11H,1,12-13H2,2-4H3. The fourth-order valence-electron chi connectivity index (χ4n) is 3.74. The van der Waals surface area contributed by atoms with E-state index in [0.717, 1.165) is 22.1 Å². The van der Waals surface area contributed by atoms with Gasteiger partial charge >= 0.3 is 11.6 Å². The smallest absolute Gasteiger partial charge is 0.339 e. The van der Waals surface area contributed by atoms with Crippen molar-refractivity contribution in [2.24, 2.45) is 0 Å². The molecule has 1 unspecified atom stereocenters. The summed E-state index contributed by atoms with van der Waals surface area (Å²) in [6, 6.07) is 13.3. The van der Waals surface area contributed by atoms with Gasteiger partial charge in [0.05, 0.1) is 0 Å². The summed E-state index contributed by atoms with van der Waals surface area (Å²) in [5, 5.41) is 0.880. The summed E-state index contributed by atoms with van der Waals surface area (Å²) >= 11 is 0. The van der Waals surface area contributed by atoms with Crippen molar-refractivity contribution in [3.63, 3.8) is 0 Å². The van der Waals surface area contributed by atoms with Gasteiger partial charge in [0.2, 0.25) is 0 Å². The van der Waals surface area contributed by atoms with Crippen molar-refractivity contribution in [3.05, 3.63) is 87.3 Å². The van der Waals surface area contributed by atoms with Gasteiger partial charge in [-0.25, -0.2) is 9.59 Å². The highest BCUT2D eigenvalue weighted by Crippen LogP contribution is 2.40. The lowest BCUT2D eigenvalue weighted by atomic mass is 9.90. The normalized spacial score (nSPS) is 18.9. The molecule has 2 aromatic carbocycles. The molecule has 0 radical (unpaired) electrons. The Hall–Kier alpha value is -3.34. The second kappa shape index (κ2) is 6.92. The average Bonchev–Trinajstić information content (AvgIpc) is 3.02. The van der Waals surface area contributed by atoms with Crippen molar-refractivity contribution in [3.8, 4) is 5.75 Å². The van der Waals surface area contributed by atoms with E-state index in [1.807, 2.05) is 56.3 Å². The summed E-state index contributed by atoms with van der Waals surface area (Å²) in [5.41, 5.74) is 2.73. The lowest BCUT2D eigenvalue weighted by Gasteiger charge is -2.28. The first-order valence-corrected chi connectivity index (χ1v) is 9.45. The maximum Gasteiger partial charge on any atom is 0.339 e. The summed E-state index contributed by atoms with van der Waals surface area (Å²) in [7, 11) is 0. The molecule has 0 N–H and O–H groups in total. The van der Waals surface area contributed by atoms with E-state index in [0.29, 0.717) is 28.9 Å². The first-order valence-electron chi connectivity index (χ1n) is 9.45. The fraction of sp³-hybridized carbons (Fsp3) is 0.250. The lowest BCUT2D eigenvalue weighted by Crippen LogP contribution is -2.33. The predicted molar refractivity (Wildman–Crippen MR) is 110 cm³/mol. The SMILES string of the molecule is C=C1CC(COc2ccc3c(C)c(C)c(=O)oc3c2C)(c2ccccc2)OC1=O. The van der Waals surface area contributed by atoms with Crippen LogP contribution in [-0.2, 0) is 15.1 Å². The summed E-state index contributed by atoms with van der Waals surface area (Å²) in [6.45, 7) is 9.46. The highest BCUT2D eigenvalue weighted by atomic mass is 16.6. The van der Waals surface area contributed by atoms with E-state index in [2.05, 4.69) is 6.58 Å². The highest BCUT2D eigenvalue weighted by molar-refractivity contribution is 5.90. The quantitative estimate of drug-likeness (QED) is 0.373. The van der Waals surface area contributed by atoms with Crippen LogP contribution in [0.5, 0.6) is 5.75 Å². The zero-order valence-electron chi connectivity index (χ0n) is 16.7. The molecule has 1 atom stereocenters. The van der Waals surface area contributed by atoms with Crippen LogP contribution in [0.2, 0.25) is 0 Å². The molecule has 1 aliphatic rings. The molecule has 1 aliphatic heterocycles. The lowest BCUT2D eigenvalue weighted by molar-refractivity contribution is -0.150. The number of benzene rings is 2. The predicted octanol–water partition coefficient (Wildman–Crippen LogP) is 4.50. The largest absolute Gasteiger partial charge is 0.489 e. The first kappa shape index (κ1) is 19.0. The van der Waals surface area contributed by atoms with Crippen molar-refractivity contribution >= 4 is 16.9 Å². The van der Waals surface area contributed by atoms with E-state index < -0.39 is 11.6 Å². The Morgan fingerprint density at radius 2 is 1.72 bits per heavy atom. The molecule has 0 saturated carbocycles. The number of fused-ring (bicyclic) bond motifs is 1. The fourth-order valence-corrected chi connectivity index (χ4v) is 3.74. The molecular weight excluding hydrogens is 368 g/mol. The van der Waals surface area contributed by atoms with Crippen molar-refractivity contribution in [1.82, 2.24) is 0 Å². The minimum atomic E-state index is -0.930. The number of hydrogen-bond acceptors (Lipinski definition) is 5. The average molecular weight is 390 g/mol. The molecule has 5 heteroatoms. The second-order valence-electron chi connectivity index (χ2n) is 7.52. The van der Waals surface area contributed by atoms with Gasteiger partial charge in [0.25, 0.3) is 0 Å². The van der Waals surface area contributed by atoms with Crippen LogP contribution < -0.4 is 10.4 Å². The van der Waals surface area contributed by atoms with E-state index in [4.69, 9.17) is 13.9 Å². The van der Waals surface area contributed by atoms with Gasteiger partial charge in [-0.15, -0.1) is 0 Å². The van der Waals surface area contributed by atoms with E-state index in [-0.39, 0.29) is 12.2 Å². The van der Waals surface area contributed by atoms with Gasteiger partial charge in [0.1, 0.15) is 17.9 Å². The van der Waals surface area contributed by atoms with Crippen LogP contribution in [0.4, 0.5) is 0 Å². The van der Waals surface area contributed by atoms with Crippen molar-refractivity contribution < 1.29 is 18.7 Å². The van der Waals surface area contributed by atoms with Crippen molar-refractivity contribution in [2.75, 3.05) is 6.61 Å². The summed E-state index contributed by atoms with van der Waals surface area (Å²) < 4.78 is 17.4. The van der Waals surface area contributed by atoms with Crippen LogP contribution in [0.3, 0.4) is 0 Å². The molecule has 5 nitrogen and oxygen atoms in total. The topological polar surface area (TPSA) is 65.7 Å². The highest BCUT2D eigenvalue weighted by Gasteiger charge is 2.45. The molecular formula is C24H22O5. The Kier molecular flexibility index (Phi) is 4.53. The number of ether oxygens (including phenoxy) is 2. The maximum absolute atomic E-state index is 12.1. The second-order valence-corrected chi connectivity index (χ2v) is 7.52. The van der Waals surface area contributed by atoms with Gasteiger partial charge < -0.3 is 13.9 Å². The maximum atomic E-state index is 12.1. The Morgan fingerprint density at radius 3 is 2.38 bits per heavy atom. The molecule has 1 saturated heterocycles. The van der Waals surface area contributed by atoms with Crippen LogP contribution in [0.25, 0.3) is 11.0 Å². The minimum Gasteiger partial charge on any atom is -0.489 e. The zero-order valence-corrected chi connectivity index (χ0v) is 16.7. The first-order chi connectivity index (χ1) is 13.8. The molecule has 148 valence electrons. The Balaban J connectivity index is 1.72. The van der Waals surface area contributed by atoms with Crippen LogP contribution >= 0.6 is 0 Å². The van der Waals surface area contributed by atoms with E-state index >= 15 is 0 Å². The molecule has 0 bridgehead atoms. The Bertz CT molecular complexity index is 1170. The molecule has 29 heavy (non-hydrogen) atoms. The van der Waals surface area contributed by atoms with Gasteiger partial charge in [0, 0.05) is 28.5 Å². The minimum absolute atomic E-state index is 0.128. The van der Waals surface area contributed by atoms with Gasteiger partial charge in [-0.3, -0.25) is 0 Å². The molecule has 1 aromatic heterocycles. The Labute approximate surface area is 168 Å². The van der Waals surface area contributed by atoms with Crippen LogP contribution in [0.1, 0.15) is 28.7 Å². The van der Waals surface area contributed by atoms with E-state index in [9.17, 15) is 9.59 Å². The molecule has 0 amide bonds. The number of aryl methyl sites for hydroxylation is 2. The number of carbonyl (C=O) groups excluding carboxylic acids is 1. The van der Waals surface area contributed by atoms with Crippen LogP contribution in [-0.4, -0.2) is 12.6 Å². The molecule has 2 heterocycles. The number of carbonyl (C=O) groups is 1. The van der Waals surface area contributed by atoms with Gasteiger partial charge in [-0.2, -0.15) is 0 Å². The molecule has 0 aliphatic carbocycles. The zero-order chi connectivity index (χ0) is 20.8. The van der Waals surface area contributed by atoms with Crippen LogP contribution in [0, 0.1) is 20.8 Å². The van der Waals surface area contributed by atoms with E-state index in [1.165, 1.54) is 0 Å². The molecule has 3 aromatic rings. The number of cyclic esters (lactones) is 1.